The van der Waals surface area contributed by atoms with Crippen LogP contribution < -0.4 is 5.32 Å². The van der Waals surface area contributed by atoms with Crippen molar-refractivity contribution in [2.24, 2.45) is 17.3 Å². The van der Waals surface area contributed by atoms with Crippen molar-refractivity contribution in [3.05, 3.63) is 35.4 Å². The fourth-order valence-electron chi connectivity index (χ4n) is 7.79. The van der Waals surface area contributed by atoms with Gasteiger partial charge in [-0.15, -0.1) is 0 Å². The van der Waals surface area contributed by atoms with Gasteiger partial charge >= 0.3 is 0 Å². The number of amides is 1. The third kappa shape index (κ3) is 2.76. The smallest absolute Gasteiger partial charge is 0.226 e. The Balaban J connectivity index is 1.24. The molecule has 1 saturated heterocycles. The lowest BCUT2D eigenvalue weighted by Gasteiger charge is -2.61. The molecule has 6 fully saturated rings. The molecule has 4 bridgehead atoms. The average Bonchev–Trinajstić information content (AvgIpc) is 3.40. The Morgan fingerprint density at radius 3 is 2.43 bits per heavy atom. The van der Waals surface area contributed by atoms with Crippen molar-refractivity contribution in [3.63, 3.8) is 0 Å². The Bertz CT molecular complexity index is 766. The summed E-state index contributed by atoms with van der Waals surface area (Å²) in [5.74, 6) is 1.90. The van der Waals surface area contributed by atoms with Crippen molar-refractivity contribution in [2.75, 3.05) is 13.1 Å². The second-order valence-electron chi connectivity index (χ2n) is 11.1. The van der Waals surface area contributed by atoms with Crippen molar-refractivity contribution in [2.45, 2.75) is 82.2 Å². The Morgan fingerprint density at radius 1 is 1.04 bits per heavy atom. The van der Waals surface area contributed by atoms with Crippen molar-refractivity contribution in [1.82, 2.24) is 10.2 Å². The van der Waals surface area contributed by atoms with Crippen molar-refractivity contribution in [3.8, 4) is 0 Å². The predicted molar refractivity (Wildman–Crippen MR) is 111 cm³/mol. The maximum absolute atomic E-state index is 13.6. The fraction of sp³-hybridized carbons (Fsp3) is 0.720. The topological polar surface area (TPSA) is 32.3 Å². The van der Waals surface area contributed by atoms with Crippen LogP contribution in [0.2, 0.25) is 0 Å². The maximum Gasteiger partial charge on any atom is 0.226 e. The average molecular weight is 379 g/mol. The van der Waals surface area contributed by atoms with E-state index in [-0.39, 0.29) is 10.8 Å². The van der Waals surface area contributed by atoms with Crippen LogP contribution in [-0.4, -0.2) is 36.0 Å². The van der Waals surface area contributed by atoms with Crippen molar-refractivity contribution >= 4 is 5.91 Å². The Hall–Kier alpha value is -1.35. The molecule has 150 valence electrons. The highest BCUT2D eigenvalue weighted by Gasteiger charge is 2.61. The molecule has 1 N–H and O–H groups in total. The number of benzene rings is 1. The summed E-state index contributed by atoms with van der Waals surface area (Å²) in [6.07, 6.45) is 11.2. The van der Waals surface area contributed by atoms with Gasteiger partial charge < -0.3 is 5.32 Å². The molecular formula is C25H34N2O. The molecule has 5 aliphatic carbocycles. The minimum absolute atomic E-state index is 0.0953. The Labute approximate surface area is 169 Å². The lowest BCUT2D eigenvalue weighted by Crippen LogP contribution is -2.60. The van der Waals surface area contributed by atoms with E-state index in [9.17, 15) is 4.79 Å². The molecule has 3 heteroatoms. The van der Waals surface area contributed by atoms with E-state index in [4.69, 9.17) is 0 Å². The Morgan fingerprint density at radius 2 is 1.75 bits per heavy atom. The number of carbonyl (C=O) groups is 1. The van der Waals surface area contributed by atoms with Crippen molar-refractivity contribution < 1.29 is 4.79 Å². The van der Waals surface area contributed by atoms with Crippen LogP contribution in [-0.2, 0) is 10.2 Å². The van der Waals surface area contributed by atoms with Crippen molar-refractivity contribution in [1.29, 1.82) is 0 Å². The molecule has 0 spiro atoms. The van der Waals surface area contributed by atoms with E-state index >= 15 is 0 Å². The first-order valence-corrected chi connectivity index (χ1v) is 11.7. The van der Waals surface area contributed by atoms with Gasteiger partial charge in [-0.3, -0.25) is 9.69 Å². The summed E-state index contributed by atoms with van der Waals surface area (Å²) in [5.41, 5.74) is 3.00. The van der Waals surface area contributed by atoms with Gasteiger partial charge in [0.15, 0.2) is 0 Å². The minimum atomic E-state index is -0.0953. The molecule has 3 nitrogen and oxygen atoms in total. The van der Waals surface area contributed by atoms with Gasteiger partial charge in [0, 0.05) is 25.2 Å². The van der Waals surface area contributed by atoms with Crippen LogP contribution in [0.4, 0.5) is 0 Å². The van der Waals surface area contributed by atoms with E-state index < -0.39 is 0 Å². The highest BCUT2D eigenvalue weighted by atomic mass is 16.2. The molecule has 7 rings (SSSR count). The molecule has 1 amide bonds. The molecule has 3 unspecified atom stereocenters. The fourth-order valence-corrected chi connectivity index (χ4v) is 7.79. The zero-order valence-corrected chi connectivity index (χ0v) is 17.3. The molecule has 5 saturated carbocycles. The lowest BCUT2D eigenvalue weighted by molar-refractivity contribution is -0.149. The summed E-state index contributed by atoms with van der Waals surface area (Å²) >= 11 is 0. The lowest BCUT2D eigenvalue weighted by atomic mass is 9.42. The van der Waals surface area contributed by atoms with Gasteiger partial charge in [0.25, 0.3) is 0 Å². The van der Waals surface area contributed by atoms with Crippen LogP contribution in [0.15, 0.2) is 24.3 Å². The SMILES string of the molecule is Cc1ccc(C23CC4CC(CC(C(=O)NC5CCN(C6CC6)C5)(C4)C2)C3)cc1. The number of rotatable bonds is 4. The molecule has 0 aromatic heterocycles. The highest BCUT2D eigenvalue weighted by Crippen LogP contribution is 2.65. The quantitative estimate of drug-likeness (QED) is 0.852. The number of hydrogen-bond acceptors (Lipinski definition) is 2. The summed E-state index contributed by atoms with van der Waals surface area (Å²) in [6, 6.07) is 10.5. The van der Waals surface area contributed by atoms with Crippen LogP contribution in [0.25, 0.3) is 0 Å². The van der Waals surface area contributed by atoms with Gasteiger partial charge in [0.2, 0.25) is 5.91 Å². The zero-order valence-electron chi connectivity index (χ0n) is 17.3. The van der Waals surface area contributed by atoms with Crippen LogP contribution in [0.5, 0.6) is 0 Å². The second kappa shape index (κ2) is 6.08. The Kier molecular flexibility index (Phi) is 3.80. The number of nitrogens with one attached hydrogen (secondary N) is 1. The van der Waals surface area contributed by atoms with Crippen LogP contribution in [0.3, 0.4) is 0 Å². The number of carbonyl (C=O) groups excluding carboxylic acids is 1. The van der Waals surface area contributed by atoms with E-state index in [0.717, 1.165) is 50.1 Å². The first kappa shape index (κ1) is 17.5. The second-order valence-corrected chi connectivity index (χ2v) is 11.1. The normalized spacial score (nSPS) is 42.1. The molecule has 1 aliphatic heterocycles. The van der Waals surface area contributed by atoms with Gasteiger partial charge in [-0.2, -0.15) is 0 Å². The standard InChI is InChI=1S/C25H34N2O/c1-17-2-4-20(5-3-17)24-11-18-10-19(12-24)14-25(13-18,16-24)23(28)26-21-8-9-27(15-21)22-6-7-22/h2-5,18-19,21-22H,6-16H2,1H3,(H,26,28). The van der Waals surface area contributed by atoms with Gasteiger partial charge in [0.1, 0.15) is 0 Å². The molecule has 6 aliphatic rings. The van der Waals surface area contributed by atoms with Gasteiger partial charge in [-0.25, -0.2) is 0 Å². The molecular weight excluding hydrogens is 344 g/mol. The summed E-state index contributed by atoms with van der Waals surface area (Å²) in [6.45, 7) is 4.44. The van der Waals surface area contributed by atoms with Crippen LogP contribution >= 0.6 is 0 Å². The van der Waals surface area contributed by atoms with Crippen LogP contribution in [0.1, 0.15) is 68.9 Å². The van der Waals surface area contributed by atoms with Crippen LogP contribution in [0, 0.1) is 24.2 Å². The molecule has 1 aromatic rings. The number of aryl methyl sites for hydroxylation is 1. The molecule has 3 atom stereocenters. The molecule has 1 aromatic carbocycles. The summed E-state index contributed by atoms with van der Waals surface area (Å²) < 4.78 is 0. The highest BCUT2D eigenvalue weighted by molar-refractivity contribution is 5.84. The largest absolute Gasteiger partial charge is 0.352 e. The monoisotopic (exact) mass is 378 g/mol. The molecule has 28 heavy (non-hydrogen) atoms. The van der Waals surface area contributed by atoms with E-state index in [0.29, 0.717) is 11.9 Å². The summed E-state index contributed by atoms with van der Waals surface area (Å²) in [4.78, 5) is 16.3. The van der Waals surface area contributed by atoms with Gasteiger partial charge in [0.05, 0.1) is 5.41 Å². The maximum atomic E-state index is 13.6. The molecule has 0 radical (unpaired) electrons. The summed E-state index contributed by atoms with van der Waals surface area (Å²) in [5, 5.41) is 3.55. The van der Waals surface area contributed by atoms with Gasteiger partial charge in [-0.1, -0.05) is 29.8 Å². The molecule has 1 heterocycles. The number of nitrogens with zero attached hydrogens (tertiary/aromatic N) is 1. The predicted octanol–water partition coefficient (Wildman–Crippen LogP) is 4.19. The van der Waals surface area contributed by atoms with E-state index in [1.165, 1.54) is 49.8 Å². The summed E-state index contributed by atoms with van der Waals surface area (Å²) in [7, 11) is 0. The first-order valence-electron chi connectivity index (χ1n) is 11.7. The number of hydrogen-bond donors (Lipinski definition) is 1. The van der Waals surface area contributed by atoms with Gasteiger partial charge in [-0.05, 0) is 87.5 Å². The van der Waals surface area contributed by atoms with E-state index in [2.05, 4.69) is 41.4 Å². The third-order valence-electron chi connectivity index (χ3n) is 8.82. The van der Waals surface area contributed by atoms with E-state index in [1.54, 1.807) is 0 Å². The minimum Gasteiger partial charge on any atom is -0.352 e. The number of likely N-dealkylation sites (tertiary alicyclic amines) is 1. The third-order valence-corrected chi connectivity index (χ3v) is 8.82. The zero-order chi connectivity index (χ0) is 18.9. The first-order chi connectivity index (χ1) is 13.5. The van der Waals surface area contributed by atoms with E-state index in [1.807, 2.05) is 0 Å².